The number of Topliss-reactive ketones (excluding diaryl/α,β-unsaturated/α-hetero) is 1. The monoisotopic (exact) mass is 541 g/mol. The van der Waals surface area contributed by atoms with E-state index in [0.717, 1.165) is 35.4 Å². The highest BCUT2D eigenvalue weighted by Crippen LogP contribution is 2.44. The minimum absolute atomic E-state index is 0.0386. The lowest BCUT2D eigenvalue weighted by atomic mass is 9.79. The molecule has 1 aliphatic carbocycles. The molecule has 2 N–H and O–H groups in total. The van der Waals surface area contributed by atoms with Crippen LogP contribution in [0.15, 0.2) is 30.5 Å². The molecule has 10 heteroatoms. The number of aromatic nitrogens is 2. The van der Waals surface area contributed by atoms with Crippen LogP contribution < -0.4 is 10.8 Å². The fourth-order valence-electron chi connectivity index (χ4n) is 5.25. The Morgan fingerprint density at radius 3 is 2.32 bits per heavy atom. The van der Waals surface area contributed by atoms with E-state index in [2.05, 4.69) is 16.6 Å². The third-order valence-electron chi connectivity index (χ3n) is 8.34. The second-order valence-corrected chi connectivity index (χ2v) is 12.8. The molecule has 1 aliphatic heterocycles. The Hall–Kier alpha value is -2.30. The Balaban J connectivity index is 1.53. The van der Waals surface area contributed by atoms with Crippen molar-refractivity contribution in [1.29, 1.82) is 0 Å². The number of nitrogens with zero attached hydrogens (tertiary/aromatic N) is 1. The zero-order valence-corrected chi connectivity index (χ0v) is 24.5. The van der Waals surface area contributed by atoms with Crippen molar-refractivity contribution in [3.8, 4) is 11.3 Å². The number of H-pyrrole nitrogens is 1. The van der Waals surface area contributed by atoms with E-state index in [9.17, 15) is 9.59 Å². The van der Waals surface area contributed by atoms with E-state index in [1.54, 1.807) is 11.8 Å². The number of hydrogen-bond donors (Lipinski definition) is 2. The van der Waals surface area contributed by atoms with E-state index >= 15 is 0 Å². The predicted molar refractivity (Wildman–Crippen MR) is 152 cm³/mol. The molecule has 1 amide bonds. The zero-order valence-electron chi connectivity index (χ0n) is 23.7. The van der Waals surface area contributed by atoms with E-state index in [0.29, 0.717) is 5.25 Å². The lowest BCUT2D eigenvalue weighted by Crippen LogP contribution is -2.47. The molecule has 0 spiro atoms. The van der Waals surface area contributed by atoms with Crippen molar-refractivity contribution in [3.05, 3.63) is 36.3 Å². The number of alkyl carbamates (subject to hydrolysis) is 1. The van der Waals surface area contributed by atoms with Gasteiger partial charge in [-0.1, -0.05) is 38.1 Å². The van der Waals surface area contributed by atoms with Gasteiger partial charge in [-0.2, -0.15) is 11.8 Å². The summed E-state index contributed by atoms with van der Waals surface area (Å²) in [5.41, 5.74) is 2.08. The van der Waals surface area contributed by atoms with Gasteiger partial charge in [0.05, 0.1) is 36.2 Å². The number of carbonyl (C=O) groups excluding carboxylic acids is 2. The zero-order chi connectivity index (χ0) is 27.8. The predicted octanol–water partition coefficient (Wildman–Crippen LogP) is 4.55. The fraction of sp³-hybridized carbons (Fsp3) is 0.607. The summed E-state index contributed by atoms with van der Waals surface area (Å²) in [5.74, 6) is 0.521. The van der Waals surface area contributed by atoms with Gasteiger partial charge in [-0.25, -0.2) is 9.78 Å². The summed E-state index contributed by atoms with van der Waals surface area (Å²) in [5, 5.41) is 3.10. The molecule has 206 valence electrons. The molecule has 1 aromatic heterocycles. The lowest BCUT2D eigenvalue weighted by Gasteiger charge is -2.32. The van der Waals surface area contributed by atoms with Gasteiger partial charge in [0.15, 0.2) is 5.78 Å². The summed E-state index contributed by atoms with van der Waals surface area (Å²) < 4.78 is 17.1. The number of imidazole rings is 1. The Kier molecular flexibility index (Phi) is 8.36. The number of carbonyl (C=O) groups is 2. The summed E-state index contributed by atoms with van der Waals surface area (Å²) in [6, 6.07) is 7.52. The molecule has 2 aliphatic rings. The molecule has 2 aromatic rings. The molecule has 2 fully saturated rings. The maximum atomic E-state index is 13.7. The van der Waals surface area contributed by atoms with Gasteiger partial charge in [-0.15, -0.1) is 0 Å². The lowest BCUT2D eigenvalue weighted by molar-refractivity contribution is -0.126. The van der Waals surface area contributed by atoms with Crippen LogP contribution in [0.1, 0.15) is 66.1 Å². The Bertz CT molecular complexity index is 1130. The average molecular weight is 542 g/mol. The van der Waals surface area contributed by atoms with Gasteiger partial charge in [-0.3, -0.25) is 4.79 Å². The number of rotatable bonds is 8. The van der Waals surface area contributed by atoms with E-state index in [1.165, 1.54) is 7.11 Å². The summed E-state index contributed by atoms with van der Waals surface area (Å²) >= 11 is 1.78. The van der Waals surface area contributed by atoms with Crippen molar-refractivity contribution < 1.29 is 23.6 Å². The van der Waals surface area contributed by atoms with Gasteiger partial charge in [0, 0.05) is 17.1 Å². The maximum absolute atomic E-state index is 13.7. The van der Waals surface area contributed by atoms with Crippen LogP contribution >= 0.6 is 11.8 Å². The largest absolute Gasteiger partial charge is 0.494 e. The number of hydrogen-bond acceptors (Lipinski definition) is 7. The number of amides is 1. The molecule has 2 heterocycles. The topological polar surface area (TPSA) is 103 Å². The normalized spacial score (nSPS) is 25.0. The molecular formula is C28H40BN3O5S. The number of nitrogens with one attached hydrogen (secondary N) is 2. The third-order valence-corrected chi connectivity index (χ3v) is 9.40. The van der Waals surface area contributed by atoms with Crippen LogP contribution in [0.2, 0.25) is 0 Å². The van der Waals surface area contributed by atoms with Gasteiger partial charge < -0.3 is 24.3 Å². The van der Waals surface area contributed by atoms with Crippen LogP contribution in [0.25, 0.3) is 11.3 Å². The first-order valence-electron chi connectivity index (χ1n) is 13.3. The molecule has 1 unspecified atom stereocenters. The SMILES string of the molecule is COC(=O)N[C@H](C(=O)C1C[C@@H](SC)C[C@H]1c1ncc(-c2ccc(B3OC(C)(C)C(C)(C)O3)cc2)[nH]1)C(C)C. The third kappa shape index (κ3) is 5.67. The summed E-state index contributed by atoms with van der Waals surface area (Å²) in [4.78, 5) is 33.8. The molecule has 0 bridgehead atoms. The first kappa shape index (κ1) is 28.7. The van der Waals surface area contributed by atoms with Crippen LogP contribution in [0, 0.1) is 11.8 Å². The Morgan fingerprint density at radius 2 is 1.76 bits per heavy atom. The van der Waals surface area contributed by atoms with Gasteiger partial charge in [0.25, 0.3) is 0 Å². The van der Waals surface area contributed by atoms with Crippen molar-refractivity contribution in [2.75, 3.05) is 13.4 Å². The van der Waals surface area contributed by atoms with E-state index < -0.39 is 19.3 Å². The van der Waals surface area contributed by atoms with Crippen molar-refractivity contribution in [3.63, 3.8) is 0 Å². The summed E-state index contributed by atoms with van der Waals surface area (Å²) in [7, 11) is 0.902. The average Bonchev–Trinajstić information content (AvgIpc) is 3.57. The molecule has 0 radical (unpaired) electrons. The van der Waals surface area contributed by atoms with E-state index in [4.69, 9.17) is 19.0 Å². The van der Waals surface area contributed by atoms with Crippen molar-refractivity contribution >= 4 is 36.2 Å². The molecule has 1 saturated heterocycles. The fourth-order valence-corrected chi connectivity index (χ4v) is 6.05. The minimum atomic E-state index is -0.604. The molecule has 4 atom stereocenters. The summed E-state index contributed by atoms with van der Waals surface area (Å²) in [6.07, 6.45) is 4.94. The van der Waals surface area contributed by atoms with Gasteiger partial charge in [0.1, 0.15) is 5.82 Å². The standard InChI is InChI=1S/C28H40BN3O5S/c1-16(2)23(32-26(34)35-7)24(33)20-13-19(38-8)14-21(20)25-30-15-22(31-25)17-9-11-18(12-10-17)29-36-27(3,4)28(5,6)37-29/h9-12,15-16,19-21,23H,13-14H2,1-8H3,(H,30,31)(H,32,34)/t19-,20?,21-,23+/m1/s1. The van der Waals surface area contributed by atoms with Crippen LogP contribution in [0.3, 0.4) is 0 Å². The second-order valence-electron chi connectivity index (χ2n) is 11.7. The van der Waals surface area contributed by atoms with Crippen LogP contribution in [-0.2, 0) is 18.8 Å². The number of methoxy groups -OCH3 is 1. The number of aromatic amines is 1. The van der Waals surface area contributed by atoms with Gasteiger partial charge in [-0.05, 0) is 63.7 Å². The van der Waals surface area contributed by atoms with Crippen LogP contribution in [-0.4, -0.2) is 64.8 Å². The summed E-state index contributed by atoms with van der Waals surface area (Å²) in [6.45, 7) is 12.1. The number of ketones is 1. The van der Waals surface area contributed by atoms with Crippen LogP contribution in [0.4, 0.5) is 4.79 Å². The highest BCUT2D eigenvalue weighted by molar-refractivity contribution is 7.99. The molecule has 38 heavy (non-hydrogen) atoms. The van der Waals surface area contributed by atoms with Crippen molar-refractivity contribution in [2.24, 2.45) is 11.8 Å². The number of ether oxygens (including phenoxy) is 1. The first-order valence-corrected chi connectivity index (χ1v) is 14.6. The number of thioether (sulfide) groups is 1. The minimum Gasteiger partial charge on any atom is -0.453 e. The second kappa shape index (κ2) is 11.1. The van der Waals surface area contributed by atoms with Gasteiger partial charge in [0.2, 0.25) is 0 Å². The van der Waals surface area contributed by atoms with Gasteiger partial charge >= 0.3 is 13.2 Å². The van der Waals surface area contributed by atoms with E-state index in [-0.39, 0.29) is 34.7 Å². The Labute approximate surface area is 230 Å². The maximum Gasteiger partial charge on any atom is 0.494 e. The molecule has 1 saturated carbocycles. The highest BCUT2D eigenvalue weighted by atomic mass is 32.2. The van der Waals surface area contributed by atoms with Crippen molar-refractivity contribution in [2.45, 2.75) is 82.8 Å². The van der Waals surface area contributed by atoms with Crippen molar-refractivity contribution in [1.82, 2.24) is 15.3 Å². The smallest absolute Gasteiger partial charge is 0.453 e. The highest BCUT2D eigenvalue weighted by Gasteiger charge is 2.51. The molecular weight excluding hydrogens is 501 g/mol. The van der Waals surface area contributed by atoms with E-state index in [1.807, 2.05) is 72.0 Å². The molecule has 8 nitrogen and oxygen atoms in total. The molecule has 1 aromatic carbocycles. The first-order chi connectivity index (χ1) is 17.9. The van der Waals surface area contributed by atoms with Crippen LogP contribution in [0.5, 0.6) is 0 Å². The number of benzene rings is 1. The quantitative estimate of drug-likeness (QED) is 0.473. The molecule has 4 rings (SSSR count). The Morgan fingerprint density at radius 1 is 1.13 bits per heavy atom.